The number of para-hydroxylation sites is 1. The van der Waals surface area contributed by atoms with Gasteiger partial charge in [-0.25, -0.2) is 0 Å². The van der Waals surface area contributed by atoms with E-state index in [-0.39, 0.29) is 17.9 Å². The third-order valence-corrected chi connectivity index (χ3v) is 14.2. The molecule has 0 saturated heterocycles. The molecule has 3 unspecified atom stereocenters. The van der Waals surface area contributed by atoms with Crippen molar-refractivity contribution in [2.24, 2.45) is 0 Å². The lowest BCUT2D eigenvalue weighted by atomic mass is 9.77. The first-order valence-electron chi connectivity index (χ1n) is 23.2. The first kappa shape index (κ1) is 38.3. The molecule has 10 aromatic carbocycles. The lowest BCUT2D eigenvalue weighted by Gasteiger charge is -2.28. The van der Waals surface area contributed by atoms with Gasteiger partial charge >= 0.3 is 0 Å². The van der Waals surface area contributed by atoms with Crippen LogP contribution in [0.4, 0.5) is 17.1 Å². The van der Waals surface area contributed by atoms with Crippen LogP contribution in [-0.4, -0.2) is 6.10 Å². The summed E-state index contributed by atoms with van der Waals surface area (Å²) in [6.45, 7) is 0. The molecular weight excluding hydrogens is 799 g/mol. The van der Waals surface area contributed by atoms with Crippen molar-refractivity contribution in [3.63, 3.8) is 0 Å². The monoisotopic (exact) mass is 843 g/mol. The number of ether oxygens (including phenoxy) is 1. The van der Waals surface area contributed by atoms with Crippen molar-refractivity contribution < 1.29 is 4.74 Å². The van der Waals surface area contributed by atoms with Crippen LogP contribution in [0.2, 0.25) is 0 Å². The van der Waals surface area contributed by atoms with E-state index in [0.29, 0.717) is 0 Å². The van der Waals surface area contributed by atoms with Crippen LogP contribution in [0.5, 0.6) is 5.75 Å². The number of benzene rings is 10. The van der Waals surface area contributed by atoms with Gasteiger partial charge in [0.2, 0.25) is 0 Å². The van der Waals surface area contributed by atoms with Gasteiger partial charge in [-0.05, 0) is 126 Å². The zero-order valence-corrected chi connectivity index (χ0v) is 36.4. The van der Waals surface area contributed by atoms with E-state index >= 15 is 0 Å². The second kappa shape index (κ2) is 15.8. The average Bonchev–Trinajstić information content (AvgIpc) is 3.78. The summed E-state index contributed by atoms with van der Waals surface area (Å²) in [7, 11) is 0. The largest absolute Gasteiger partial charge is 0.484 e. The quantitative estimate of drug-likeness (QED) is 0.141. The summed E-state index contributed by atoms with van der Waals surface area (Å²) in [6, 6.07) is 77.8. The number of allylic oxidation sites excluding steroid dienone is 6. The van der Waals surface area contributed by atoms with Gasteiger partial charge < -0.3 is 9.64 Å². The highest BCUT2D eigenvalue weighted by Crippen LogP contribution is 2.48. The van der Waals surface area contributed by atoms with Crippen molar-refractivity contribution in [3.05, 3.63) is 271 Å². The second-order valence-electron chi connectivity index (χ2n) is 17.9. The number of nitrogens with zero attached hydrogens (tertiary/aromatic N) is 1. The van der Waals surface area contributed by atoms with Crippen LogP contribution >= 0.6 is 0 Å². The number of anilines is 3. The fourth-order valence-electron chi connectivity index (χ4n) is 11.0. The van der Waals surface area contributed by atoms with E-state index in [1.165, 1.54) is 88.0 Å². The summed E-state index contributed by atoms with van der Waals surface area (Å²) in [4.78, 5) is 2.37. The standard InChI is InChI=1S/C64H45NO/c1-3-11-42(12-4-1)43-23-32-51(33-24-43)65(53-36-27-46(28-37-53)54-18-10-19-59-57-17-7-8-20-61(57)66-64(54)59)52-34-25-44(26-35-52)50-31-39-56(60(41-50)45-13-5-2-6-14-45)55-38-29-49-22-21-47-15-9-16-48-30-40-58(55)63(49)62(47)48/h1-38,40-41,54,56,64H,39H2. The van der Waals surface area contributed by atoms with Gasteiger partial charge in [0.25, 0.3) is 0 Å². The Labute approximate surface area is 385 Å². The van der Waals surface area contributed by atoms with Crippen LogP contribution in [0.3, 0.4) is 0 Å². The van der Waals surface area contributed by atoms with Crippen LogP contribution in [0.25, 0.3) is 60.2 Å². The number of rotatable bonds is 8. The van der Waals surface area contributed by atoms with Crippen molar-refractivity contribution in [2.45, 2.75) is 24.4 Å². The Kier molecular flexibility index (Phi) is 9.16. The normalized spacial score (nSPS) is 17.5. The lowest BCUT2D eigenvalue weighted by molar-refractivity contribution is 0.258. The van der Waals surface area contributed by atoms with E-state index in [2.05, 4.69) is 248 Å². The van der Waals surface area contributed by atoms with Gasteiger partial charge in [-0.2, -0.15) is 0 Å². The van der Waals surface area contributed by atoms with E-state index in [0.717, 1.165) is 29.2 Å². The maximum Gasteiger partial charge on any atom is 0.135 e. The molecule has 2 aliphatic carbocycles. The molecule has 10 aromatic rings. The smallest absolute Gasteiger partial charge is 0.135 e. The van der Waals surface area contributed by atoms with Crippen LogP contribution in [0.1, 0.15) is 46.1 Å². The Morgan fingerprint density at radius 2 is 1.05 bits per heavy atom. The zero-order valence-electron chi connectivity index (χ0n) is 36.4. The molecule has 66 heavy (non-hydrogen) atoms. The molecule has 2 nitrogen and oxygen atoms in total. The summed E-state index contributed by atoms with van der Waals surface area (Å²) in [6.07, 6.45) is 12.5. The molecule has 0 amide bonds. The summed E-state index contributed by atoms with van der Waals surface area (Å²) in [5.74, 6) is 1.31. The van der Waals surface area contributed by atoms with Crippen LogP contribution in [0.15, 0.2) is 243 Å². The fraction of sp³-hybridized carbons (Fsp3) is 0.0625. The molecule has 1 aliphatic heterocycles. The Bertz CT molecular complexity index is 3550. The molecule has 0 bridgehead atoms. The predicted octanol–water partition coefficient (Wildman–Crippen LogP) is 16.9. The maximum absolute atomic E-state index is 6.56. The Morgan fingerprint density at radius 3 is 1.77 bits per heavy atom. The molecular formula is C64H45NO. The molecule has 13 rings (SSSR count). The van der Waals surface area contributed by atoms with Gasteiger partial charge in [0.15, 0.2) is 0 Å². The minimum Gasteiger partial charge on any atom is -0.484 e. The van der Waals surface area contributed by atoms with Gasteiger partial charge in [-0.3, -0.25) is 0 Å². The summed E-state index contributed by atoms with van der Waals surface area (Å²) < 4.78 is 6.56. The Hall–Kier alpha value is -8.20. The average molecular weight is 844 g/mol. The lowest BCUT2D eigenvalue weighted by Crippen LogP contribution is -2.23. The SMILES string of the molecule is C1=CC(c2ccc(N(c3ccc(C4=CCC(c5ccc6ccc7cccc8ccc5c6c78)C(c5ccccc5)=C4)cc3)c3ccc(-c4ccccc4)cc3)cc2)C2Oc3ccccc3C2=C1. The molecule has 3 aliphatic rings. The summed E-state index contributed by atoms with van der Waals surface area (Å²) in [5.41, 5.74) is 15.9. The Morgan fingerprint density at radius 1 is 0.455 bits per heavy atom. The van der Waals surface area contributed by atoms with Crippen LogP contribution in [0, 0.1) is 0 Å². The van der Waals surface area contributed by atoms with Gasteiger partial charge in [-0.1, -0.05) is 200 Å². The highest BCUT2D eigenvalue weighted by atomic mass is 16.5. The van der Waals surface area contributed by atoms with Gasteiger partial charge in [0, 0.05) is 40.0 Å². The van der Waals surface area contributed by atoms with Crippen molar-refractivity contribution in [2.75, 3.05) is 4.90 Å². The van der Waals surface area contributed by atoms with Gasteiger partial charge in [0.1, 0.15) is 11.9 Å². The van der Waals surface area contributed by atoms with E-state index < -0.39 is 0 Å². The zero-order chi connectivity index (χ0) is 43.6. The molecule has 0 N–H and O–H groups in total. The third kappa shape index (κ3) is 6.48. The highest BCUT2D eigenvalue weighted by molar-refractivity contribution is 6.23. The van der Waals surface area contributed by atoms with Gasteiger partial charge in [-0.15, -0.1) is 0 Å². The number of hydrogen-bond donors (Lipinski definition) is 0. The van der Waals surface area contributed by atoms with Crippen molar-refractivity contribution in [3.8, 4) is 16.9 Å². The number of fused-ring (bicyclic) bond motifs is 3. The second-order valence-corrected chi connectivity index (χ2v) is 17.9. The van der Waals surface area contributed by atoms with Crippen LogP contribution < -0.4 is 9.64 Å². The minimum absolute atomic E-state index is 0.0332. The predicted molar refractivity (Wildman–Crippen MR) is 277 cm³/mol. The van der Waals surface area contributed by atoms with Crippen molar-refractivity contribution >= 4 is 66.1 Å². The molecule has 312 valence electrons. The van der Waals surface area contributed by atoms with Gasteiger partial charge in [0.05, 0.1) is 0 Å². The molecule has 0 radical (unpaired) electrons. The summed E-state index contributed by atoms with van der Waals surface area (Å²) >= 11 is 0. The third-order valence-electron chi connectivity index (χ3n) is 14.2. The first-order valence-corrected chi connectivity index (χ1v) is 23.2. The number of hydrogen-bond acceptors (Lipinski definition) is 2. The highest BCUT2D eigenvalue weighted by Gasteiger charge is 2.36. The fourth-order valence-corrected chi connectivity index (χ4v) is 11.0. The molecule has 0 saturated carbocycles. The minimum atomic E-state index is -0.0332. The van der Waals surface area contributed by atoms with Crippen LogP contribution in [-0.2, 0) is 0 Å². The van der Waals surface area contributed by atoms with E-state index in [4.69, 9.17) is 4.74 Å². The van der Waals surface area contributed by atoms with Crippen molar-refractivity contribution in [1.29, 1.82) is 0 Å². The maximum atomic E-state index is 6.56. The Balaban J connectivity index is 0.850. The van der Waals surface area contributed by atoms with Crippen molar-refractivity contribution in [1.82, 2.24) is 0 Å². The molecule has 3 atom stereocenters. The molecule has 2 heteroatoms. The summed E-state index contributed by atoms with van der Waals surface area (Å²) in [5, 5.41) is 7.99. The first-order chi connectivity index (χ1) is 32.7. The molecule has 0 aromatic heterocycles. The molecule has 0 fully saturated rings. The molecule has 1 heterocycles. The van der Waals surface area contributed by atoms with E-state index in [1.807, 2.05) is 0 Å². The topological polar surface area (TPSA) is 12.5 Å². The van der Waals surface area contributed by atoms with E-state index in [9.17, 15) is 0 Å². The molecule has 0 spiro atoms. The van der Waals surface area contributed by atoms with E-state index in [1.54, 1.807) is 0 Å².